The first-order chi connectivity index (χ1) is 32.0. The van der Waals surface area contributed by atoms with Crippen LogP contribution < -0.4 is 19.1 Å². The number of ether oxygens (including phenoxy) is 3. The number of benzene rings is 3. The average Bonchev–Trinajstić information content (AvgIpc) is 4.03. The number of H-pyrrole nitrogens is 1. The standard InChI is InChI=1S/C49H55ClFN7O8S/c1-48(2)14-11-35(42(28-48)33-3-5-36(50)6-4-33)30-55-20-22-58(23-21-55,38-7-9-41(46(52)59)45(26-38)66-39-25-34-12-17-53-47(34)54-29-39)67(62,63)40-8-10-44(43(27-40)57(60)61)65-32-49(51)15-18-56(19-16-49)37-13-24-64-31-37/h3-10,12,17,25-27,29,37H,11,13-16,18-24,28,30-32H2,1-2H3,(H2-,52,53,54,59)/p+1. The zero-order valence-electron chi connectivity index (χ0n) is 37.7. The van der Waals surface area contributed by atoms with E-state index in [9.17, 15) is 14.9 Å². The molecule has 1 atom stereocenters. The number of halogens is 2. The number of nitrogens with two attached hydrogens (primary N) is 1. The second kappa shape index (κ2) is 18.6. The molecule has 1 amide bonds. The van der Waals surface area contributed by atoms with Gasteiger partial charge in [0.2, 0.25) is 0 Å². The molecule has 5 heterocycles. The van der Waals surface area contributed by atoms with Crippen molar-refractivity contribution in [1.82, 2.24) is 23.7 Å². The van der Waals surface area contributed by atoms with E-state index >= 15 is 12.8 Å². The van der Waals surface area contributed by atoms with Crippen molar-refractivity contribution >= 4 is 55.5 Å². The number of likely N-dealkylation sites (tertiary alicyclic amines) is 1. The molecule has 0 radical (unpaired) electrons. The van der Waals surface area contributed by atoms with Gasteiger partial charge in [0, 0.05) is 80.2 Å². The SMILES string of the molecule is CC1(C)CCC(CN2CC[N+](c3ccc(C(N)=O)c(Oc4cnc5[nH]ccc5c4)c3)(S(=O)(=O)c3ccc(OCC4(F)CCN(C5CCOC5)CC4)c([N+](=O)[O-])c3)CC2)=C(c2ccc(Cl)cc2)C1. The number of sulfonamides is 1. The summed E-state index contributed by atoms with van der Waals surface area (Å²) in [6, 6.07) is 19.7. The van der Waals surface area contributed by atoms with Crippen molar-refractivity contribution in [1.29, 1.82) is 0 Å². The fourth-order valence-electron chi connectivity index (χ4n) is 10.1. The molecule has 2 aromatic heterocycles. The summed E-state index contributed by atoms with van der Waals surface area (Å²) in [4.78, 5) is 36.4. The van der Waals surface area contributed by atoms with Crippen molar-refractivity contribution in [2.45, 2.75) is 69.0 Å². The average molecular weight is 958 g/mol. The number of amides is 1. The Morgan fingerprint density at radius 2 is 1.79 bits per heavy atom. The van der Waals surface area contributed by atoms with Crippen LogP contribution in [0.1, 0.15) is 68.3 Å². The lowest BCUT2D eigenvalue weighted by Gasteiger charge is -2.43. The van der Waals surface area contributed by atoms with Gasteiger partial charge in [0.25, 0.3) is 5.91 Å². The summed E-state index contributed by atoms with van der Waals surface area (Å²) < 4.78 is 64.1. The van der Waals surface area contributed by atoms with Crippen molar-refractivity contribution in [3.8, 4) is 17.2 Å². The van der Waals surface area contributed by atoms with Gasteiger partial charge in [-0.25, -0.2) is 9.37 Å². The summed E-state index contributed by atoms with van der Waals surface area (Å²) in [5, 5.41) is 14.1. The van der Waals surface area contributed by atoms with E-state index in [4.69, 9.17) is 31.5 Å². The maximum atomic E-state index is 16.1. The molecule has 4 aliphatic rings. The highest BCUT2D eigenvalue weighted by Crippen LogP contribution is 2.45. The molecule has 5 aromatic rings. The first kappa shape index (κ1) is 46.7. The van der Waals surface area contributed by atoms with E-state index in [1.54, 1.807) is 18.3 Å². The number of hydrogen-bond donors (Lipinski definition) is 2. The number of alkyl halides is 1. The Balaban J connectivity index is 1.04. The number of fused-ring (bicyclic) bond motifs is 1. The van der Waals surface area contributed by atoms with Gasteiger partial charge in [-0.2, -0.15) is 12.3 Å². The van der Waals surface area contributed by atoms with Gasteiger partial charge >= 0.3 is 15.7 Å². The van der Waals surface area contributed by atoms with E-state index in [1.165, 1.54) is 41.6 Å². The highest BCUT2D eigenvalue weighted by atomic mass is 35.5. The molecule has 18 heteroatoms. The molecule has 0 saturated carbocycles. The van der Waals surface area contributed by atoms with Gasteiger partial charge in [0.05, 0.1) is 23.3 Å². The second-order valence-corrected chi connectivity index (χ2v) is 21.7. The highest BCUT2D eigenvalue weighted by Gasteiger charge is 2.49. The largest absolute Gasteiger partial charge is 0.483 e. The molecule has 15 nitrogen and oxygen atoms in total. The molecule has 9 rings (SSSR count). The molecule has 3 fully saturated rings. The fourth-order valence-corrected chi connectivity index (χ4v) is 12.2. The van der Waals surface area contributed by atoms with Crippen molar-refractivity contribution in [3.63, 3.8) is 0 Å². The van der Waals surface area contributed by atoms with E-state index in [0.717, 1.165) is 42.7 Å². The number of allylic oxidation sites excluding steroid dienone is 1. The summed E-state index contributed by atoms with van der Waals surface area (Å²) in [5.41, 5.74) is 8.22. The van der Waals surface area contributed by atoms with Crippen LogP contribution in [0.15, 0.2) is 95.7 Å². The number of nitrogens with zero attached hydrogens (tertiary/aromatic N) is 5. The van der Waals surface area contributed by atoms with E-state index in [1.807, 2.05) is 30.3 Å². The van der Waals surface area contributed by atoms with Gasteiger partial charge in [-0.05, 0) is 97.5 Å². The Morgan fingerprint density at radius 3 is 2.49 bits per heavy atom. The molecule has 3 aliphatic heterocycles. The van der Waals surface area contributed by atoms with Gasteiger partial charge in [-0.3, -0.25) is 24.7 Å². The fraction of sp³-hybridized carbons (Fsp3) is 0.429. The number of carbonyl (C=O) groups is 1. The highest BCUT2D eigenvalue weighted by molar-refractivity contribution is 7.91. The third-order valence-corrected chi connectivity index (χ3v) is 16.7. The first-order valence-electron chi connectivity index (χ1n) is 22.8. The summed E-state index contributed by atoms with van der Waals surface area (Å²) >= 11 is 6.28. The monoisotopic (exact) mass is 956 g/mol. The van der Waals surface area contributed by atoms with Crippen LogP contribution >= 0.6 is 11.6 Å². The van der Waals surface area contributed by atoms with Gasteiger partial charge in [0.1, 0.15) is 47.4 Å². The number of piperidine rings is 1. The van der Waals surface area contributed by atoms with Crippen molar-refractivity contribution in [2.24, 2.45) is 11.1 Å². The van der Waals surface area contributed by atoms with Crippen molar-refractivity contribution < 1.29 is 36.7 Å². The van der Waals surface area contributed by atoms with Gasteiger partial charge < -0.3 is 24.9 Å². The zero-order valence-corrected chi connectivity index (χ0v) is 39.3. The zero-order chi connectivity index (χ0) is 47.1. The predicted octanol–water partition coefficient (Wildman–Crippen LogP) is 8.66. The molecular weight excluding hydrogens is 901 g/mol. The van der Waals surface area contributed by atoms with Crippen molar-refractivity contribution in [2.75, 3.05) is 65.6 Å². The summed E-state index contributed by atoms with van der Waals surface area (Å²) in [5.74, 6) is -0.690. The van der Waals surface area contributed by atoms with Crippen LogP contribution in [-0.4, -0.2) is 116 Å². The van der Waals surface area contributed by atoms with Crippen LogP contribution in [0.5, 0.6) is 17.2 Å². The number of pyridine rings is 1. The smallest absolute Gasteiger partial charge is 0.332 e. The van der Waals surface area contributed by atoms with E-state index in [2.05, 4.69) is 33.6 Å². The van der Waals surface area contributed by atoms with Gasteiger partial charge in [0.15, 0.2) is 11.4 Å². The van der Waals surface area contributed by atoms with Gasteiger partial charge in [-0.1, -0.05) is 43.2 Å². The first-order valence-corrected chi connectivity index (χ1v) is 24.6. The summed E-state index contributed by atoms with van der Waals surface area (Å²) in [7, 11) is -4.54. The normalized spacial score (nSPS) is 21.0. The van der Waals surface area contributed by atoms with Crippen LogP contribution in [-0.2, 0) is 14.8 Å². The Hall–Kier alpha value is -5.43. The number of nitrogens with one attached hydrogen (secondary N) is 1. The lowest BCUT2D eigenvalue weighted by atomic mass is 9.72. The lowest BCUT2D eigenvalue weighted by molar-refractivity contribution is -0.386. The quantitative estimate of drug-likeness (QED) is 0.0617. The van der Waals surface area contributed by atoms with Crippen LogP contribution in [0.2, 0.25) is 5.02 Å². The molecule has 1 unspecified atom stereocenters. The van der Waals surface area contributed by atoms with Crippen LogP contribution in [0.25, 0.3) is 16.6 Å². The van der Waals surface area contributed by atoms with E-state index < -0.39 is 42.7 Å². The Morgan fingerprint density at radius 1 is 1.03 bits per heavy atom. The molecular formula is C49H56ClFN7O8S+. The van der Waals surface area contributed by atoms with E-state index in [-0.39, 0.29) is 65.0 Å². The van der Waals surface area contributed by atoms with Crippen LogP contribution in [0.3, 0.4) is 0 Å². The third kappa shape index (κ3) is 9.67. The number of carbonyl (C=O) groups excluding carboxylic acids is 1. The number of hydrogen-bond acceptors (Lipinski definition) is 11. The molecule has 67 heavy (non-hydrogen) atoms. The maximum absolute atomic E-state index is 16.1. The second-order valence-electron chi connectivity index (χ2n) is 19.1. The predicted molar refractivity (Wildman–Crippen MR) is 255 cm³/mol. The van der Waals surface area contributed by atoms with E-state index in [0.29, 0.717) is 62.4 Å². The number of nitro benzene ring substituents is 1. The molecule has 0 bridgehead atoms. The number of primary amides is 1. The number of piperazine rings is 1. The Kier molecular flexibility index (Phi) is 12.9. The third-order valence-electron chi connectivity index (χ3n) is 14.1. The number of aromatic amines is 1. The number of rotatable bonds is 14. The molecule has 1 aliphatic carbocycles. The summed E-state index contributed by atoms with van der Waals surface area (Å²) in [6.45, 7) is 7.85. The number of quaternary nitrogens is 1. The minimum atomic E-state index is -4.54. The minimum absolute atomic E-state index is 0.0231. The Labute approximate surface area is 394 Å². The topological polar surface area (TPSA) is 183 Å². The molecule has 3 aromatic carbocycles. The molecule has 0 spiro atoms. The maximum Gasteiger partial charge on any atom is 0.332 e. The summed E-state index contributed by atoms with van der Waals surface area (Å²) in [6.07, 6.45) is 7.26. The number of nitro groups is 1. The van der Waals surface area contributed by atoms with Gasteiger partial charge in [-0.15, -0.1) is 0 Å². The minimum Gasteiger partial charge on any atom is -0.483 e. The Bertz CT molecular complexity index is 2810. The van der Waals surface area contributed by atoms with Crippen LogP contribution in [0, 0.1) is 15.5 Å². The molecule has 3 N–H and O–H groups in total. The molecule has 354 valence electrons. The van der Waals surface area contributed by atoms with Crippen molar-refractivity contribution in [3.05, 3.63) is 117 Å². The molecule has 3 saturated heterocycles. The van der Waals surface area contributed by atoms with Crippen LogP contribution in [0.4, 0.5) is 15.8 Å². The number of aromatic nitrogens is 2. The lowest BCUT2D eigenvalue weighted by Crippen LogP contribution is -2.63.